The van der Waals surface area contributed by atoms with Crippen LogP contribution in [0.4, 0.5) is 11.5 Å². The van der Waals surface area contributed by atoms with Crippen LogP contribution in [0.5, 0.6) is 0 Å². The lowest BCUT2D eigenvalue weighted by Crippen LogP contribution is -2.12. The quantitative estimate of drug-likeness (QED) is 0.606. The predicted octanol–water partition coefficient (Wildman–Crippen LogP) is 1.15. The van der Waals surface area contributed by atoms with E-state index in [1.807, 2.05) is 16.9 Å². The molecule has 2 heterocycles. The van der Waals surface area contributed by atoms with Crippen LogP contribution in [-0.4, -0.2) is 34.4 Å². The summed E-state index contributed by atoms with van der Waals surface area (Å²) in [5, 5.41) is 7.22. The zero-order chi connectivity index (χ0) is 14.4. The Morgan fingerprint density at radius 2 is 2.35 bits per heavy atom. The molecule has 7 heteroatoms. The number of aromatic nitrogens is 3. The summed E-state index contributed by atoms with van der Waals surface area (Å²) in [7, 11) is 1.32. The number of anilines is 2. The fourth-order valence-corrected chi connectivity index (χ4v) is 1.78. The van der Waals surface area contributed by atoms with Gasteiger partial charge < -0.3 is 15.8 Å². The fraction of sp³-hybridized carbons (Fsp3) is 0.308. The molecule has 0 atom stereocenters. The van der Waals surface area contributed by atoms with Crippen molar-refractivity contribution in [3.8, 4) is 0 Å². The monoisotopic (exact) mass is 275 g/mol. The molecule has 0 fully saturated rings. The molecule has 0 aliphatic carbocycles. The number of ether oxygens (including phenoxy) is 1. The summed E-state index contributed by atoms with van der Waals surface area (Å²) in [6, 6.07) is 3.42. The topological polar surface area (TPSA) is 95.1 Å². The van der Waals surface area contributed by atoms with Gasteiger partial charge in [-0.15, -0.1) is 0 Å². The van der Waals surface area contributed by atoms with Crippen molar-refractivity contribution in [3.63, 3.8) is 0 Å². The van der Waals surface area contributed by atoms with Crippen molar-refractivity contribution < 1.29 is 9.53 Å². The Bertz CT molecular complexity index is 568. The third kappa shape index (κ3) is 3.25. The highest BCUT2D eigenvalue weighted by Gasteiger charge is 2.13. The van der Waals surface area contributed by atoms with Crippen LogP contribution in [0.15, 0.2) is 30.7 Å². The SMILES string of the molecule is COC(=O)c1ccnc(NCCCn2cccn2)c1N. The largest absolute Gasteiger partial charge is 0.465 e. The first kappa shape index (κ1) is 13.9. The third-order valence-corrected chi connectivity index (χ3v) is 2.81. The molecular weight excluding hydrogens is 258 g/mol. The molecular formula is C13H17N5O2. The van der Waals surface area contributed by atoms with Crippen LogP contribution in [0.25, 0.3) is 0 Å². The Morgan fingerprint density at radius 1 is 1.50 bits per heavy atom. The van der Waals surface area contributed by atoms with Crippen molar-refractivity contribution in [3.05, 3.63) is 36.3 Å². The number of nitrogens with zero attached hydrogens (tertiary/aromatic N) is 3. The molecule has 2 aromatic heterocycles. The molecule has 0 saturated carbocycles. The van der Waals surface area contributed by atoms with Gasteiger partial charge in [0.25, 0.3) is 0 Å². The molecule has 2 rings (SSSR count). The molecule has 0 radical (unpaired) electrons. The van der Waals surface area contributed by atoms with Gasteiger partial charge in [-0.2, -0.15) is 5.10 Å². The Kier molecular flexibility index (Phi) is 4.54. The highest BCUT2D eigenvalue weighted by Crippen LogP contribution is 2.20. The summed E-state index contributed by atoms with van der Waals surface area (Å²) in [5.74, 6) is 0.0258. The second kappa shape index (κ2) is 6.55. The van der Waals surface area contributed by atoms with Crippen LogP contribution in [0.2, 0.25) is 0 Å². The van der Waals surface area contributed by atoms with E-state index < -0.39 is 5.97 Å². The first-order valence-electron chi connectivity index (χ1n) is 6.26. The van der Waals surface area contributed by atoms with E-state index in [9.17, 15) is 4.79 Å². The maximum atomic E-state index is 11.5. The van der Waals surface area contributed by atoms with Gasteiger partial charge in [-0.25, -0.2) is 9.78 Å². The molecule has 3 N–H and O–H groups in total. The number of nitrogen functional groups attached to an aromatic ring is 1. The van der Waals surface area contributed by atoms with Crippen LogP contribution < -0.4 is 11.1 Å². The second-order valence-electron chi connectivity index (χ2n) is 4.16. The van der Waals surface area contributed by atoms with E-state index in [1.54, 1.807) is 6.20 Å². The van der Waals surface area contributed by atoms with Crippen molar-refractivity contribution >= 4 is 17.5 Å². The van der Waals surface area contributed by atoms with Gasteiger partial charge in [-0.1, -0.05) is 0 Å². The molecule has 0 aromatic carbocycles. The molecule has 20 heavy (non-hydrogen) atoms. The van der Waals surface area contributed by atoms with Gasteiger partial charge >= 0.3 is 5.97 Å². The van der Waals surface area contributed by atoms with Gasteiger partial charge in [-0.05, 0) is 18.6 Å². The standard InChI is InChI=1S/C13H17N5O2/c1-20-13(19)10-4-7-16-12(11(10)14)15-5-2-8-18-9-3-6-17-18/h3-4,6-7,9H,2,5,8,14H2,1H3,(H,15,16). The normalized spacial score (nSPS) is 10.2. The average molecular weight is 275 g/mol. The summed E-state index contributed by atoms with van der Waals surface area (Å²) >= 11 is 0. The van der Waals surface area contributed by atoms with Crippen LogP contribution >= 0.6 is 0 Å². The fourth-order valence-electron chi connectivity index (χ4n) is 1.78. The van der Waals surface area contributed by atoms with Gasteiger partial charge in [-0.3, -0.25) is 4.68 Å². The molecule has 2 aromatic rings. The van der Waals surface area contributed by atoms with E-state index in [0.717, 1.165) is 13.0 Å². The van der Waals surface area contributed by atoms with Crippen LogP contribution in [-0.2, 0) is 11.3 Å². The lowest BCUT2D eigenvalue weighted by atomic mass is 10.2. The van der Waals surface area contributed by atoms with Crippen LogP contribution in [0.1, 0.15) is 16.8 Å². The highest BCUT2D eigenvalue weighted by atomic mass is 16.5. The number of hydrogen-bond donors (Lipinski definition) is 2. The van der Waals surface area contributed by atoms with Gasteiger partial charge in [0.15, 0.2) is 0 Å². The lowest BCUT2D eigenvalue weighted by Gasteiger charge is -2.10. The number of methoxy groups -OCH3 is 1. The van der Waals surface area contributed by atoms with E-state index in [4.69, 9.17) is 5.73 Å². The van der Waals surface area contributed by atoms with Crippen molar-refractivity contribution in [2.75, 3.05) is 24.7 Å². The second-order valence-corrected chi connectivity index (χ2v) is 4.16. The van der Waals surface area contributed by atoms with E-state index in [1.165, 1.54) is 19.4 Å². The van der Waals surface area contributed by atoms with Gasteiger partial charge in [0.1, 0.15) is 5.82 Å². The van der Waals surface area contributed by atoms with E-state index in [-0.39, 0.29) is 0 Å². The molecule has 0 saturated heterocycles. The number of carbonyl (C=O) groups is 1. The zero-order valence-corrected chi connectivity index (χ0v) is 11.2. The van der Waals surface area contributed by atoms with Crippen molar-refractivity contribution in [1.29, 1.82) is 0 Å². The van der Waals surface area contributed by atoms with E-state index in [2.05, 4.69) is 20.1 Å². The summed E-state index contributed by atoms with van der Waals surface area (Å²) in [6.07, 6.45) is 6.04. The summed E-state index contributed by atoms with van der Waals surface area (Å²) < 4.78 is 6.51. The molecule has 0 unspecified atom stereocenters. The van der Waals surface area contributed by atoms with Gasteiger partial charge in [0, 0.05) is 31.7 Å². The van der Waals surface area contributed by atoms with E-state index in [0.29, 0.717) is 23.6 Å². The van der Waals surface area contributed by atoms with E-state index >= 15 is 0 Å². The lowest BCUT2D eigenvalue weighted by molar-refractivity contribution is 0.0602. The number of pyridine rings is 1. The van der Waals surface area contributed by atoms with Crippen LogP contribution in [0, 0.1) is 0 Å². The molecule has 0 bridgehead atoms. The van der Waals surface area contributed by atoms with Crippen molar-refractivity contribution in [1.82, 2.24) is 14.8 Å². The minimum absolute atomic E-state index is 0.304. The Balaban J connectivity index is 1.91. The number of aryl methyl sites for hydroxylation is 1. The maximum absolute atomic E-state index is 11.5. The molecule has 106 valence electrons. The minimum atomic E-state index is -0.468. The zero-order valence-electron chi connectivity index (χ0n) is 11.2. The highest BCUT2D eigenvalue weighted by molar-refractivity contribution is 5.97. The molecule has 0 aliphatic heterocycles. The molecule has 0 amide bonds. The molecule has 7 nitrogen and oxygen atoms in total. The first-order chi connectivity index (χ1) is 9.72. The number of rotatable bonds is 6. The third-order valence-electron chi connectivity index (χ3n) is 2.81. The first-order valence-corrected chi connectivity index (χ1v) is 6.26. The van der Waals surface area contributed by atoms with Crippen LogP contribution in [0.3, 0.4) is 0 Å². The predicted molar refractivity (Wildman–Crippen MR) is 75.3 cm³/mol. The number of nitrogens with one attached hydrogen (secondary N) is 1. The van der Waals surface area contributed by atoms with Crippen molar-refractivity contribution in [2.24, 2.45) is 0 Å². The van der Waals surface area contributed by atoms with Gasteiger partial charge in [0.05, 0.1) is 18.4 Å². The smallest absolute Gasteiger partial charge is 0.340 e. The minimum Gasteiger partial charge on any atom is -0.465 e. The molecule has 0 spiro atoms. The average Bonchev–Trinajstić information content (AvgIpc) is 2.97. The number of carbonyl (C=O) groups excluding carboxylic acids is 1. The Morgan fingerprint density at radius 3 is 3.05 bits per heavy atom. The molecule has 0 aliphatic rings. The summed E-state index contributed by atoms with van der Waals surface area (Å²) in [4.78, 5) is 15.6. The van der Waals surface area contributed by atoms with Gasteiger partial charge in [0.2, 0.25) is 0 Å². The maximum Gasteiger partial charge on any atom is 0.340 e. The summed E-state index contributed by atoms with van der Waals surface area (Å²) in [6.45, 7) is 1.48. The van der Waals surface area contributed by atoms with Crippen molar-refractivity contribution in [2.45, 2.75) is 13.0 Å². The Hall–Kier alpha value is -2.57. The Labute approximate surface area is 116 Å². The number of hydrogen-bond acceptors (Lipinski definition) is 6. The summed E-state index contributed by atoms with van der Waals surface area (Å²) in [5.41, 5.74) is 6.51. The number of nitrogens with two attached hydrogens (primary N) is 1. The number of esters is 1.